The van der Waals surface area contributed by atoms with Crippen LogP contribution in [0.4, 0.5) is 5.82 Å². The van der Waals surface area contributed by atoms with Crippen molar-refractivity contribution in [2.45, 2.75) is 24.7 Å². The minimum Gasteiger partial charge on any atom is -0.382 e. The number of rotatable bonds is 3. The second-order valence-electron chi connectivity index (χ2n) is 5.36. The summed E-state index contributed by atoms with van der Waals surface area (Å²) in [6.45, 7) is 2.96. The fraction of sp³-hybridized carbons (Fsp3) is 0.333. The third kappa shape index (κ3) is 2.69. The number of anilines is 1. The van der Waals surface area contributed by atoms with Crippen molar-refractivity contribution in [3.8, 4) is 11.3 Å². The first-order valence-electron chi connectivity index (χ1n) is 7.18. The topological polar surface area (TPSA) is 89.2 Å². The van der Waals surface area contributed by atoms with E-state index in [9.17, 15) is 8.42 Å². The van der Waals surface area contributed by atoms with Crippen molar-refractivity contribution < 1.29 is 8.42 Å². The lowest BCUT2D eigenvalue weighted by molar-refractivity contribution is 0.477. The molecule has 2 aromatic rings. The minimum atomic E-state index is -3.43. The molecular weight excluding hydrogens is 300 g/mol. The van der Waals surface area contributed by atoms with Crippen LogP contribution in [-0.4, -0.2) is 35.8 Å². The van der Waals surface area contributed by atoms with Crippen molar-refractivity contribution in [1.82, 2.24) is 14.3 Å². The SMILES string of the molecule is Cc1nc(-c2cccc(S(=O)(=O)N3CCCC3)c2)cnc1N. The van der Waals surface area contributed by atoms with Crippen LogP contribution in [0, 0.1) is 6.92 Å². The summed E-state index contributed by atoms with van der Waals surface area (Å²) in [5, 5.41) is 0. The monoisotopic (exact) mass is 318 g/mol. The molecule has 22 heavy (non-hydrogen) atoms. The Morgan fingerprint density at radius 3 is 2.64 bits per heavy atom. The minimum absolute atomic E-state index is 0.295. The average molecular weight is 318 g/mol. The molecule has 0 aliphatic carbocycles. The van der Waals surface area contributed by atoms with E-state index >= 15 is 0 Å². The zero-order chi connectivity index (χ0) is 15.7. The fourth-order valence-electron chi connectivity index (χ4n) is 2.52. The van der Waals surface area contributed by atoms with Crippen LogP contribution >= 0.6 is 0 Å². The quantitative estimate of drug-likeness (QED) is 0.932. The highest BCUT2D eigenvalue weighted by atomic mass is 32.2. The number of nitrogens with two attached hydrogens (primary N) is 1. The first kappa shape index (κ1) is 14.9. The summed E-state index contributed by atoms with van der Waals surface area (Å²) in [5.74, 6) is 0.379. The first-order valence-corrected chi connectivity index (χ1v) is 8.62. The van der Waals surface area contributed by atoms with E-state index in [-0.39, 0.29) is 0 Å². The number of benzene rings is 1. The van der Waals surface area contributed by atoms with Gasteiger partial charge >= 0.3 is 0 Å². The Bertz CT molecular complexity index is 799. The fourth-order valence-corrected chi connectivity index (χ4v) is 4.09. The van der Waals surface area contributed by atoms with Crippen LogP contribution in [0.1, 0.15) is 18.5 Å². The number of hydrogen-bond donors (Lipinski definition) is 1. The summed E-state index contributed by atoms with van der Waals surface area (Å²) in [4.78, 5) is 8.74. The van der Waals surface area contributed by atoms with Crippen LogP contribution in [0.2, 0.25) is 0 Å². The number of aryl methyl sites for hydroxylation is 1. The van der Waals surface area contributed by atoms with Gasteiger partial charge in [-0.05, 0) is 31.9 Å². The zero-order valence-electron chi connectivity index (χ0n) is 12.4. The molecule has 0 spiro atoms. The standard InChI is InChI=1S/C15H18N4O2S/c1-11-15(16)17-10-14(18-11)12-5-4-6-13(9-12)22(20,21)19-7-2-3-8-19/h4-6,9-10H,2-3,7-8H2,1H3,(H2,16,17). The smallest absolute Gasteiger partial charge is 0.243 e. The van der Waals surface area contributed by atoms with E-state index in [1.54, 1.807) is 31.3 Å². The van der Waals surface area contributed by atoms with E-state index in [0.29, 0.717) is 35.2 Å². The molecule has 1 aliphatic heterocycles. The Balaban J connectivity index is 2.00. The summed E-state index contributed by atoms with van der Waals surface area (Å²) in [5.41, 5.74) is 7.64. The van der Waals surface area contributed by atoms with Gasteiger partial charge in [0.1, 0.15) is 5.82 Å². The van der Waals surface area contributed by atoms with Gasteiger partial charge in [-0.15, -0.1) is 0 Å². The normalized spacial score (nSPS) is 16.0. The highest BCUT2D eigenvalue weighted by molar-refractivity contribution is 7.89. The van der Waals surface area contributed by atoms with E-state index in [4.69, 9.17) is 5.73 Å². The van der Waals surface area contributed by atoms with Gasteiger partial charge in [-0.1, -0.05) is 12.1 Å². The molecule has 1 aromatic heterocycles. The predicted molar refractivity (Wildman–Crippen MR) is 84.6 cm³/mol. The van der Waals surface area contributed by atoms with Gasteiger partial charge in [0.25, 0.3) is 0 Å². The Morgan fingerprint density at radius 2 is 1.95 bits per heavy atom. The molecule has 2 N–H and O–H groups in total. The molecule has 3 rings (SSSR count). The van der Waals surface area contributed by atoms with Gasteiger partial charge in [0.05, 0.1) is 22.5 Å². The average Bonchev–Trinajstić information content (AvgIpc) is 3.05. The number of sulfonamides is 1. The van der Waals surface area contributed by atoms with E-state index in [2.05, 4.69) is 9.97 Å². The van der Waals surface area contributed by atoms with Gasteiger partial charge < -0.3 is 5.73 Å². The molecule has 7 heteroatoms. The van der Waals surface area contributed by atoms with E-state index in [1.165, 1.54) is 4.31 Å². The van der Waals surface area contributed by atoms with E-state index < -0.39 is 10.0 Å². The maximum atomic E-state index is 12.6. The van der Waals surface area contributed by atoms with Crippen molar-refractivity contribution in [2.24, 2.45) is 0 Å². The summed E-state index contributed by atoms with van der Waals surface area (Å²) in [7, 11) is -3.43. The lowest BCUT2D eigenvalue weighted by Crippen LogP contribution is -2.27. The van der Waals surface area contributed by atoms with Gasteiger partial charge in [-0.2, -0.15) is 4.31 Å². The number of nitrogen functional groups attached to an aromatic ring is 1. The molecule has 0 unspecified atom stereocenters. The van der Waals surface area contributed by atoms with Crippen molar-refractivity contribution in [1.29, 1.82) is 0 Å². The van der Waals surface area contributed by atoms with Gasteiger partial charge in [0.2, 0.25) is 10.0 Å². The third-order valence-electron chi connectivity index (χ3n) is 3.82. The van der Waals surface area contributed by atoms with E-state index in [1.807, 2.05) is 6.07 Å². The molecule has 0 amide bonds. The predicted octanol–water partition coefficient (Wildman–Crippen LogP) is 1.82. The number of aromatic nitrogens is 2. The number of nitrogens with zero attached hydrogens (tertiary/aromatic N) is 3. The molecule has 2 heterocycles. The zero-order valence-corrected chi connectivity index (χ0v) is 13.2. The van der Waals surface area contributed by atoms with Gasteiger partial charge in [0.15, 0.2) is 0 Å². The Labute approximate surface area is 130 Å². The second kappa shape index (κ2) is 5.66. The maximum absolute atomic E-state index is 12.6. The van der Waals surface area contributed by atoms with Crippen molar-refractivity contribution in [2.75, 3.05) is 18.8 Å². The van der Waals surface area contributed by atoms with Crippen LogP contribution in [0.25, 0.3) is 11.3 Å². The van der Waals surface area contributed by atoms with Crippen LogP contribution < -0.4 is 5.73 Å². The second-order valence-corrected chi connectivity index (χ2v) is 7.30. The summed E-state index contributed by atoms with van der Waals surface area (Å²) in [6.07, 6.45) is 3.40. The van der Waals surface area contributed by atoms with Crippen molar-refractivity contribution in [3.05, 3.63) is 36.2 Å². The molecule has 6 nitrogen and oxygen atoms in total. The summed E-state index contributed by atoms with van der Waals surface area (Å²) >= 11 is 0. The van der Waals surface area contributed by atoms with Crippen LogP contribution in [0.15, 0.2) is 35.4 Å². The first-order chi connectivity index (χ1) is 10.5. The lowest BCUT2D eigenvalue weighted by Gasteiger charge is -2.16. The van der Waals surface area contributed by atoms with Gasteiger partial charge in [-0.25, -0.2) is 18.4 Å². The maximum Gasteiger partial charge on any atom is 0.243 e. The molecule has 1 fully saturated rings. The van der Waals surface area contributed by atoms with Crippen LogP contribution in [-0.2, 0) is 10.0 Å². The number of hydrogen-bond acceptors (Lipinski definition) is 5. The van der Waals surface area contributed by atoms with Gasteiger partial charge in [-0.3, -0.25) is 0 Å². The highest BCUT2D eigenvalue weighted by Crippen LogP contribution is 2.25. The summed E-state index contributed by atoms with van der Waals surface area (Å²) in [6, 6.07) is 6.82. The molecular formula is C15H18N4O2S. The molecule has 0 atom stereocenters. The third-order valence-corrected chi connectivity index (χ3v) is 5.71. The molecule has 0 bridgehead atoms. The van der Waals surface area contributed by atoms with Crippen LogP contribution in [0.3, 0.4) is 0 Å². The largest absolute Gasteiger partial charge is 0.382 e. The molecule has 1 saturated heterocycles. The van der Waals surface area contributed by atoms with Crippen molar-refractivity contribution in [3.63, 3.8) is 0 Å². The molecule has 1 aliphatic rings. The van der Waals surface area contributed by atoms with E-state index in [0.717, 1.165) is 18.4 Å². The van der Waals surface area contributed by atoms with Crippen molar-refractivity contribution >= 4 is 15.8 Å². The van der Waals surface area contributed by atoms with Gasteiger partial charge in [0, 0.05) is 18.7 Å². The lowest BCUT2D eigenvalue weighted by atomic mass is 10.1. The molecule has 1 aromatic carbocycles. The molecule has 0 saturated carbocycles. The molecule has 0 radical (unpaired) electrons. The Morgan fingerprint density at radius 1 is 1.23 bits per heavy atom. The van der Waals surface area contributed by atoms with Crippen LogP contribution in [0.5, 0.6) is 0 Å². The summed E-state index contributed by atoms with van der Waals surface area (Å²) < 4.78 is 26.8. The highest BCUT2D eigenvalue weighted by Gasteiger charge is 2.27. The molecule has 116 valence electrons. The Hall–Kier alpha value is -1.99. The Kier molecular flexibility index (Phi) is 3.84.